The van der Waals surface area contributed by atoms with Crippen LogP contribution >= 0.6 is 0 Å². The van der Waals surface area contributed by atoms with Crippen LogP contribution in [0.3, 0.4) is 0 Å². The normalized spacial score (nSPS) is 23.4. The zero-order valence-electron chi connectivity index (χ0n) is 87.1. The number of guanidine groups is 3. The molecule has 147 heavy (non-hydrogen) atoms. The third-order valence-corrected chi connectivity index (χ3v) is 20.5. The molecule has 0 spiro atoms. The van der Waals surface area contributed by atoms with Crippen molar-refractivity contribution >= 4 is 125 Å². The van der Waals surface area contributed by atoms with E-state index in [0.29, 0.717) is 111 Å². The van der Waals surface area contributed by atoms with Gasteiger partial charge in [-0.3, -0.25) is 127 Å². The molecule has 8 aliphatic rings. The van der Waals surface area contributed by atoms with Gasteiger partial charge in [-0.05, 0) is 74.8 Å². The number of carbonyl (C=O) groups is 18. The fourth-order valence-corrected chi connectivity index (χ4v) is 15.6. The number of alkyl carbamates (subject to hydrolysis) is 2. The smallest absolute Gasteiger partial charge is 0.870 e. The summed E-state index contributed by atoms with van der Waals surface area (Å²) in [4.78, 5) is 229. The van der Waals surface area contributed by atoms with E-state index < -0.39 is 83.6 Å². The number of aliphatic hydroxyl groups is 3. The van der Waals surface area contributed by atoms with Crippen molar-refractivity contribution in [2.75, 3.05) is 184 Å². The van der Waals surface area contributed by atoms with E-state index in [0.717, 1.165) is 0 Å². The summed E-state index contributed by atoms with van der Waals surface area (Å²) < 4.78 is 29.9. The Labute approximate surface area is 874 Å². The third kappa shape index (κ3) is 62.7. The molecule has 62 heteroatoms. The molecule has 0 aromatic heterocycles. The van der Waals surface area contributed by atoms with Gasteiger partial charge in [0.05, 0.1) is 170 Å². The number of ether oxygens (including phenoxy) is 6. The molecular formula is C85H154N29NaO32. The van der Waals surface area contributed by atoms with E-state index in [1.165, 1.54) is 55.4 Å². The van der Waals surface area contributed by atoms with Crippen LogP contribution in [-0.4, -0.2) is 497 Å². The topological polar surface area (TPSA) is 896 Å². The van der Waals surface area contributed by atoms with Gasteiger partial charge in [0, 0.05) is 171 Å². The Kier molecular flexibility index (Phi) is 65.3. The first-order chi connectivity index (χ1) is 67.4. The number of carboxylic acid groups (broad SMARTS) is 4. The molecule has 0 aliphatic carbocycles. The average molecular weight is 2120 g/mol. The van der Waals surface area contributed by atoms with Crippen LogP contribution in [0.25, 0.3) is 10.4 Å². The minimum Gasteiger partial charge on any atom is -0.870 e. The van der Waals surface area contributed by atoms with Gasteiger partial charge in [0.2, 0.25) is 53.2 Å². The maximum Gasteiger partial charge on any atom is 1.00 e. The van der Waals surface area contributed by atoms with Crippen LogP contribution in [0.1, 0.15) is 125 Å². The Hall–Kier alpha value is -11.9. The molecule has 8 saturated heterocycles. The summed E-state index contributed by atoms with van der Waals surface area (Å²) in [6.45, 7) is 36.3. The predicted molar refractivity (Wildman–Crippen MR) is 519 cm³/mol. The molecule has 0 aromatic carbocycles. The number of β-amino-alcohol motifs (C(OH)–C–C–N with tert-alkyl or cyclic N) is 3. The van der Waals surface area contributed by atoms with Crippen LogP contribution in [0.4, 0.5) is 9.59 Å². The van der Waals surface area contributed by atoms with Crippen LogP contribution in [0.15, 0.2) is 20.1 Å². The number of rotatable bonds is 32. The summed E-state index contributed by atoms with van der Waals surface area (Å²) in [6.07, 6.45) is -3.58. The van der Waals surface area contributed by atoms with E-state index >= 15 is 0 Å². The Morgan fingerprint density at radius 1 is 0.327 bits per heavy atom. The Balaban J connectivity index is 0. The van der Waals surface area contributed by atoms with Crippen LogP contribution in [-0.2, 0) is 105 Å². The number of azide groups is 1. The molecule has 8 heterocycles. The summed E-state index contributed by atoms with van der Waals surface area (Å²) in [7, 11) is 0. The van der Waals surface area contributed by atoms with Gasteiger partial charge in [-0.2, -0.15) is 0 Å². The fraction of sp³-hybridized carbons (Fsp3) is 0.753. The number of hydrogen-bond acceptors (Lipinski definition) is 41. The first-order valence-corrected chi connectivity index (χ1v) is 46.5. The molecule has 832 valence electrons. The minimum atomic E-state index is -0.930. The molecule has 10 amide bonds. The minimum absolute atomic E-state index is 0. The molecule has 8 rings (SSSR count). The molecule has 28 N–H and O–H groups in total. The molecule has 0 radical (unpaired) electrons. The summed E-state index contributed by atoms with van der Waals surface area (Å²) in [6, 6.07) is -4.04. The van der Waals surface area contributed by atoms with Gasteiger partial charge < -0.3 is 141 Å². The fourth-order valence-electron chi connectivity index (χ4n) is 15.6. The number of hydrogen-bond donors (Lipinski definition) is 22. The number of likely N-dealkylation sites (tertiary alicyclic amines) is 8. The summed E-state index contributed by atoms with van der Waals surface area (Å²) >= 11 is 0. The molecule has 8 aliphatic heterocycles. The monoisotopic (exact) mass is 2120 g/mol. The molecule has 16 atom stereocenters. The number of carboxylic acids is 4. The quantitative estimate of drug-likeness (QED) is 0.00435. The Morgan fingerprint density at radius 3 is 0.769 bits per heavy atom. The van der Waals surface area contributed by atoms with E-state index in [-0.39, 0.29) is 257 Å². The van der Waals surface area contributed by atoms with Crippen LogP contribution in [0, 0.1) is 0 Å². The van der Waals surface area contributed by atoms with Gasteiger partial charge in [-0.15, -0.1) is 0 Å². The van der Waals surface area contributed by atoms with Gasteiger partial charge in [-0.1, -0.05) is 5.11 Å². The zero-order chi connectivity index (χ0) is 111. The second-order valence-electron chi connectivity index (χ2n) is 36.5. The number of nitrogens with one attached hydrogen (secondary N) is 10. The molecule has 0 aromatic rings. The van der Waals surface area contributed by atoms with Crippen molar-refractivity contribution in [1.82, 2.24) is 92.4 Å². The van der Waals surface area contributed by atoms with Crippen molar-refractivity contribution < 1.29 is 186 Å². The predicted octanol–water partition coefficient (Wildman–Crippen LogP) is -13.0. The maximum atomic E-state index is 12.3. The third-order valence-electron chi connectivity index (χ3n) is 20.5. The Bertz CT molecular complexity index is 4210. The van der Waals surface area contributed by atoms with Gasteiger partial charge in [0.25, 0.3) is 0 Å². The number of aliphatic imine (C=N–C) groups is 3. The number of aliphatic hydroxyl groups excluding tert-OH is 3. The van der Waals surface area contributed by atoms with Crippen molar-refractivity contribution in [1.29, 1.82) is 0 Å². The molecule has 0 unspecified atom stereocenters. The number of aliphatic carboxylic acids is 4. The van der Waals surface area contributed by atoms with E-state index in [9.17, 15) is 102 Å². The first kappa shape index (κ1) is 137. The van der Waals surface area contributed by atoms with E-state index in [1.54, 1.807) is 108 Å². The second kappa shape index (κ2) is 70.1. The van der Waals surface area contributed by atoms with Crippen LogP contribution in [0.2, 0.25) is 0 Å². The average Bonchev–Trinajstić information content (AvgIpc) is 1.68. The van der Waals surface area contributed by atoms with Gasteiger partial charge in [0.15, 0.2) is 11.9 Å². The molecular weight excluding hydrogens is 1960 g/mol. The number of esters is 4. The number of nitrogens with two attached hydrogens (primary N) is 5. The molecule has 0 bridgehead atoms. The maximum absolute atomic E-state index is 12.3. The number of amides is 10. The molecule has 61 nitrogen and oxygen atoms in total. The summed E-state index contributed by atoms with van der Waals surface area (Å²) in [5.74, 6) is -6.86. The number of nitrogens with zero attached hydrogens (tertiary/aromatic N) is 14. The van der Waals surface area contributed by atoms with E-state index in [1.807, 2.05) is 0 Å². The summed E-state index contributed by atoms with van der Waals surface area (Å²) in [5.41, 5.74) is 33.8. The van der Waals surface area contributed by atoms with Gasteiger partial charge in [-0.25, -0.2) is 24.6 Å². The van der Waals surface area contributed by atoms with Crippen LogP contribution in [0.5, 0.6) is 0 Å². The molecule has 0 saturated carbocycles. The van der Waals surface area contributed by atoms with Gasteiger partial charge in [0.1, 0.15) is 11.2 Å². The Morgan fingerprint density at radius 2 is 0.531 bits per heavy atom. The number of carbonyl (C=O) groups excluding carboxylic acids is 14. The van der Waals surface area contributed by atoms with E-state index in [4.69, 9.17) is 83.0 Å². The zero-order valence-corrected chi connectivity index (χ0v) is 89.1. The largest absolute Gasteiger partial charge is 1.00 e. The van der Waals surface area contributed by atoms with Crippen molar-refractivity contribution in [3.63, 3.8) is 0 Å². The van der Waals surface area contributed by atoms with Crippen LogP contribution < -0.4 is 111 Å². The first-order valence-electron chi connectivity index (χ1n) is 46.5. The van der Waals surface area contributed by atoms with Crippen molar-refractivity contribution in [2.45, 2.75) is 233 Å². The van der Waals surface area contributed by atoms with Crippen molar-refractivity contribution in [3.8, 4) is 0 Å². The SMILES string of the molecule is CC(=O)N[C@H]1CN(CC(=O)O)C[C@@H]1N.CC(=O)N[C@H]1CN(CC(=O)O)C[C@@H]1N=C(N)N.CC(=O)N[C@H]1CN(CC(=O)O)C[C@H]1N=C(N)N.CC(=O)N[C@H]1CN(CC(=O)O)C[C@H]1O.CCOC(=O)CN1C[C@@H](O)[C@@H](NC(C)=O)C1.CCOC(=O)CN1C[C@H](N=C(NC(=O)OC(C)(C)C)NC(=O)OC(C)(C)C)[C@@H](NC(C)=O)C1.CCOC(=O)CN1C[C@H](NC(C)=O)[C@@H](O)C1.CCOC(=O)CN1C[C@H](NC(C)=O)[C@H](N=[N+]=[N-])C1.[Na+].[OH-]. The van der Waals surface area contributed by atoms with Gasteiger partial charge >= 0.3 is 89.5 Å². The standard InChI is InChI=1S/C21H37N5O7.C10H17N5O3.2C10H18N2O4.2C9H17N5O3.C8H15N3O3.C8H14N2O4.Na.H2O/c1-9-31-16(28)12-26-10-14(22-13(2)27)15(11-26)23-17(24-18(29)32-20(3,4)5)25-19(30)33-21(6,7)8;1-3-18-10(17)6-15-4-8(12-7(2)16)9(5-15)13-14-11;2*1-3-16-10(15)6-12-4-8(9(14)5-12)11-7(2)13;2*1-5(15)12-6-2-14(4-8(16)17)3-7(6)13-9(10)11;1-5(12)10-7-3-11(2-6(7)9)4-8(13)14;1-5(11)9-6-2-10(3-7(6)12)4-8(13)14;;/h14-15H,9-12H2,1-8H3,(H,22,27)(H2,23,24,25,29,30);8-9H,3-6H2,1-2H3,(H,12,16);2*8-9,14H,3-6H2,1-2H3,(H,11,13);2*6-7H,2-4H2,1H3,(H,12,15)(H,16,17)(H4,10,11,13);6-7H,2-4,9H2,1H3,(H,10,12)(H,13,14);6-7,12H,2-4H2,1H3,(H,9,11)(H,13,14);;1H2/q;;;;;;;;+1;/p-1/t14-,15-;2*8-,9+;8-,9-;6-,7+;2*6-,7-;6-,7+;;/m00000000../s1. The van der Waals surface area contributed by atoms with E-state index in [2.05, 4.69) is 78.2 Å². The van der Waals surface area contributed by atoms with Crippen molar-refractivity contribution in [2.24, 2.45) is 48.8 Å². The second-order valence-corrected chi connectivity index (χ2v) is 36.5. The summed E-state index contributed by atoms with van der Waals surface area (Å²) in [5, 5.41) is 93.2. The molecule has 8 fully saturated rings. The van der Waals surface area contributed by atoms with Crippen molar-refractivity contribution in [3.05, 3.63) is 10.4 Å².